The van der Waals surface area contributed by atoms with E-state index in [1.54, 1.807) is 16.8 Å². The average Bonchev–Trinajstić information content (AvgIpc) is 3.14. The Balaban J connectivity index is 1.44. The lowest BCUT2D eigenvalue weighted by Gasteiger charge is -2.30. The van der Waals surface area contributed by atoms with Gasteiger partial charge in [0.25, 0.3) is 5.91 Å². The smallest absolute Gasteiger partial charge is 0.258 e. The number of carbonyl (C=O) groups excluding carboxylic acids is 3. The van der Waals surface area contributed by atoms with Crippen molar-refractivity contribution >= 4 is 34.2 Å². The minimum absolute atomic E-state index is 0.0167. The van der Waals surface area contributed by atoms with Gasteiger partial charge in [0, 0.05) is 37.5 Å². The molecule has 1 N–H and O–H groups in total. The molecule has 0 fully saturated rings. The van der Waals surface area contributed by atoms with Crippen LogP contribution in [0.15, 0.2) is 66.7 Å². The maximum absolute atomic E-state index is 13.3. The van der Waals surface area contributed by atoms with Gasteiger partial charge in [-0.15, -0.1) is 0 Å². The van der Waals surface area contributed by atoms with E-state index in [1.807, 2.05) is 73.7 Å². The fourth-order valence-electron chi connectivity index (χ4n) is 4.80. The molecule has 1 heterocycles. The highest BCUT2D eigenvalue weighted by molar-refractivity contribution is 6.25. The summed E-state index contributed by atoms with van der Waals surface area (Å²) < 4.78 is 0. The predicted molar refractivity (Wildman–Crippen MR) is 135 cm³/mol. The van der Waals surface area contributed by atoms with Crippen LogP contribution in [0.2, 0.25) is 0 Å². The second-order valence-electron chi connectivity index (χ2n) is 8.60. The number of hydrogen-bond donors (Lipinski definition) is 1. The van der Waals surface area contributed by atoms with E-state index in [9.17, 15) is 14.4 Å². The molecule has 34 heavy (non-hydrogen) atoms. The van der Waals surface area contributed by atoms with E-state index in [0.717, 1.165) is 27.6 Å². The molecule has 0 unspecified atom stereocenters. The van der Waals surface area contributed by atoms with Crippen molar-refractivity contribution in [3.8, 4) is 0 Å². The highest BCUT2D eigenvalue weighted by atomic mass is 16.2. The molecular formula is C28H31N3O3. The third-order valence-electron chi connectivity index (χ3n) is 6.54. The van der Waals surface area contributed by atoms with Gasteiger partial charge in [0.2, 0.25) is 11.8 Å². The summed E-state index contributed by atoms with van der Waals surface area (Å²) in [5.41, 5.74) is 2.75. The van der Waals surface area contributed by atoms with Crippen molar-refractivity contribution in [2.45, 2.75) is 38.6 Å². The van der Waals surface area contributed by atoms with Gasteiger partial charge in [0.15, 0.2) is 0 Å². The van der Waals surface area contributed by atoms with Gasteiger partial charge in [0.05, 0.1) is 5.69 Å². The summed E-state index contributed by atoms with van der Waals surface area (Å²) in [7, 11) is 1.60. The summed E-state index contributed by atoms with van der Waals surface area (Å²) >= 11 is 0. The molecule has 6 heteroatoms. The Morgan fingerprint density at radius 3 is 2.44 bits per heavy atom. The zero-order valence-corrected chi connectivity index (χ0v) is 19.8. The molecule has 1 atom stereocenters. The Labute approximate surface area is 200 Å². The second-order valence-corrected chi connectivity index (χ2v) is 8.60. The number of hydrogen-bond acceptors (Lipinski definition) is 3. The van der Waals surface area contributed by atoms with Crippen LogP contribution in [0.1, 0.15) is 42.1 Å². The number of benzene rings is 3. The first-order valence-electron chi connectivity index (χ1n) is 11.9. The molecule has 0 saturated heterocycles. The zero-order valence-electron chi connectivity index (χ0n) is 19.8. The Morgan fingerprint density at radius 1 is 1.00 bits per heavy atom. The van der Waals surface area contributed by atoms with Crippen LogP contribution in [0.5, 0.6) is 0 Å². The standard InChI is InChI=1S/C28H31N3O3/c1-3-23(27(33)29-2)30(19-17-20-10-5-4-6-11-20)25(32)16-9-18-31-24-15-8-13-21-12-7-14-22(26(21)24)28(31)34/h4-8,10-15,23H,3,9,16-19H2,1-2H3,(H,29,33)/t23-/m1/s1. The van der Waals surface area contributed by atoms with Gasteiger partial charge in [-0.3, -0.25) is 14.4 Å². The van der Waals surface area contributed by atoms with Crippen LogP contribution in [-0.2, 0) is 16.0 Å². The van der Waals surface area contributed by atoms with Crippen LogP contribution < -0.4 is 10.2 Å². The predicted octanol–water partition coefficient (Wildman–Crippen LogP) is 4.18. The van der Waals surface area contributed by atoms with Gasteiger partial charge in [-0.1, -0.05) is 61.5 Å². The van der Waals surface area contributed by atoms with Crippen LogP contribution in [0.4, 0.5) is 5.69 Å². The van der Waals surface area contributed by atoms with Crippen molar-refractivity contribution in [2.75, 3.05) is 25.0 Å². The maximum atomic E-state index is 13.3. The first-order chi connectivity index (χ1) is 16.5. The van der Waals surface area contributed by atoms with Crippen molar-refractivity contribution in [2.24, 2.45) is 0 Å². The minimum atomic E-state index is -0.507. The highest BCUT2D eigenvalue weighted by Crippen LogP contribution is 2.37. The van der Waals surface area contributed by atoms with Gasteiger partial charge >= 0.3 is 0 Å². The van der Waals surface area contributed by atoms with Crippen LogP contribution in [0.25, 0.3) is 10.8 Å². The highest BCUT2D eigenvalue weighted by Gasteiger charge is 2.30. The Bertz CT molecular complexity index is 1190. The molecule has 0 saturated carbocycles. The molecule has 1 aliphatic rings. The molecule has 0 aromatic heterocycles. The van der Waals surface area contributed by atoms with Crippen molar-refractivity contribution in [3.05, 3.63) is 77.9 Å². The van der Waals surface area contributed by atoms with E-state index in [1.165, 1.54) is 0 Å². The van der Waals surface area contributed by atoms with E-state index in [2.05, 4.69) is 5.32 Å². The van der Waals surface area contributed by atoms with Crippen molar-refractivity contribution in [1.29, 1.82) is 0 Å². The van der Waals surface area contributed by atoms with Gasteiger partial charge in [-0.25, -0.2) is 0 Å². The Morgan fingerprint density at radius 2 is 1.74 bits per heavy atom. The maximum Gasteiger partial charge on any atom is 0.258 e. The third-order valence-corrected chi connectivity index (χ3v) is 6.54. The topological polar surface area (TPSA) is 69.7 Å². The number of carbonyl (C=O) groups is 3. The van der Waals surface area contributed by atoms with Gasteiger partial charge in [0.1, 0.15) is 6.04 Å². The van der Waals surface area contributed by atoms with Gasteiger partial charge < -0.3 is 15.1 Å². The average molecular weight is 458 g/mol. The molecule has 0 spiro atoms. The monoisotopic (exact) mass is 457 g/mol. The molecular weight excluding hydrogens is 426 g/mol. The van der Waals surface area contributed by atoms with Crippen molar-refractivity contribution in [3.63, 3.8) is 0 Å². The van der Waals surface area contributed by atoms with E-state index in [-0.39, 0.29) is 24.1 Å². The van der Waals surface area contributed by atoms with E-state index >= 15 is 0 Å². The lowest BCUT2D eigenvalue weighted by atomic mass is 10.1. The summed E-state index contributed by atoms with van der Waals surface area (Å²) in [6.07, 6.45) is 2.03. The zero-order chi connectivity index (χ0) is 24.1. The fraction of sp³-hybridized carbons (Fsp3) is 0.321. The SMILES string of the molecule is CC[C@H](C(=O)NC)N(CCc1ccccc1)C(=O)CCCN1C(=O)c2cccc3cccc1c23. The van der Waals surface area contributed by atoms with Crippen molar-refractivity contribution < 1.29 is 14.4 Å². The summed E-state index contributed by atoms with van der Waals surface area (Å²) in [5.74, 6) is -0.230. The summed E-state index contributed by atoms with van der Waals surface area (Å²) in [4.78, 5) is 42.3. The van der Waals surface area contributed by atoms with Gasteiger partial charge in [-0.05, 0) is 42.3 Å². The second kappa shape index (κ2) is 10.5. The van der Waals surface area contributed by atoms with E-state index in [0.29, 0.717) is 32.4 Å². The number of nitrogens with one attached hydrogen (secondary N) is 1. The molecule has 0 radical (unpaired) electrons. The van der Waals surface area contributed by atoms with Crippen molar-refractivity contribution in [1.82, 2.24) is 10.2 Å². The molecule has 6 nitrogen and oxygen atoms in total. The minimum Gasteiger partial charge on any atom is -0.357 e. The van der Waals surface area contributed by atoms with E-state index < -0.39 is 6.04 Å². The number of nitrogens with zero attached hydrogens (tertiary/aromatic N) is 2. The summed E-state index contributed by atoms with van der Waals surface area (Å²) in [6.45, 7) is 2.85. The van der Waals surface area contributed by atoms with Crippen LogP contribution in [0, 0.1) is 0 Å². The number of anilines is 1. The molecule has 4 rings (SSSR count). The first-order valence-corrected chi connectivity index (χ1v) is 11.9. The Kier molecular flexibility index (Phi) is 7.26. The summed E-state index contributed by atoms with van der Waals surface area (Å²) in [6, 6.07) is 21.2. The molecule has 0 bridgehead atoms. The van der Waals surface area contributed by atoms with Crippen LogP contribution in [0.3, 0.4) is 0 Å². The molecule has 176 valence electrons. The molecule has 3 amide bonds. The number of rotatable bonds is 10. The molecule has 3 aromatic carbocycles. The lowest BCUT2D eigenvalue weighted by Crippen LogP contribution is -2.49. The molecule has 3 aromatic rings. The number of amides is 3. The first kappa shape index (κ1) is 23.5. The quantitative estimate of drug-likeness (QED) is 0.497. The van der Waals surface area contributed by atoms with Gasteiger partial charge in [-0.2, -0.15) is 0 Å². The number of likely N-dealkylation sites (N-methyl/N-ethyl adjacent to an activating group) is 1. The molecule has 0 aliphatic carbocycles. The largest absolute Gasteiger partial charge is 0.357 e. The van der Waals surface area contributed by atoms with Crippen LogP contribution in [-0.4, -0.2) is 48.8 Å². The normalized spacial score (nSPS) is 13.2. The van der Waals surface area contributed by atoms with E-state index in [4.69, 9.17) is 0 Å². The lowest BCUT2D eigenvalue weighted by molar-refractivity contribution is -0.140. The Hall–Kier alpha value is -3.67. The fourth-order valence-corrected chi connectivity index (χ4v) is 4.80. The van der Waals surface area contributed by atoms with Crippen LogP contribution >= 0.6 is 0 Å². The summed E-state index contributed by atoms with van der Waals surface area (Å²) in [5, 5.41) is 4.72. The third kappa shape index (κ3) is 4.67. The molecule has 1 aliphatic heterocycles.